The highest BCUT2D eigenvalue weighted by Gasteiger charge is 2.28. The Bertz CT molecular complexity index is 396. The Hall–Kier alpha value is -1.10. The Morgan fingerprint density at radius 2 is 2.12 bits per heavy atom. The standard InChI is InChI=1S/C12H21N5/c1-9-8-13-6-7-17(9)12-15-14-11(16(12)2)10-4-3-5-10/h9-10,13H,3-8H2,1-2H3. The molecular weight excluding hydrogens is 214 g/mol. The summed E-state index contributed by atoms with van der Waals surface area (Å²) in [5.74, 6) is 2.87. The fraction of sp³-hybridized carbons (Fsp3) is 0.833. The second kappa shape index (κ2) is 4.29. The molecule has 3 rings (SSSR count). The average molecular weight is 235 g/mol. The number of aromatic nitrogens is 3. The first-order valence-corrected chi connectivity index (χ1v) is 6.64. The number of hydrogen-bond acceptors (Lipinski definition) is 4. The third-order valence-electron chi connectivity index (χ3n) is 4.11. The Morgan fingerprint density at radius 1 is 1.29 bits per heavy atom. The van der Waals surface area contributed by atoms with E-state index < -0.39 is 0 Å². The predicted molar refractivity (Wildman–Crippen MR) is 67.3 cm³/mol. The van der Waals surface area contributed by atoms with E-state index in [4.69, 9.17) is 0 Å². The van der Waals surface area contributed by atoms with E-state index in [9.17, 15) is 0 Å². The van der Waals surface area contributed by atoms with E-state index in [-0.39, 0.29) is 0 Å². The largest absolute Gasteiger partial charge is 0.336 e. The van der Waals surface area contributed by atoms with E-state index in [1.165, 1.54) is 25.1 Å². The molecule has 0 bridgehead atoms. The second-order valence-electron chi connectivity index (χ2n) is 5.29. The van der Waals surface area contributed by atoms with Crippen LogP contribution in [0.15, 0.2) is 0 Å². The molecule has 1 atom stereocenters. The first-order valence-electron chi connectivity index (χ1n) is 6.64. The van der Waals surface area contributed by atoms with Gasteiger partial charge in [0.1, 0.15) is 5.82 Å². The molecule has 94 valence electrons. The Balaban J connectivity index is 1.84. The van der Waals surface area contributed by atoms with Gasteiger partial charge in [-0.2, -0.15) is 0 Å². The van der Waals surface area contributed by atoms with Crippen LogP contribution in [0.2, 0.25) is 0 Å². The number of rotatable bonds is 2. The summed E-state index contributed by atoms with van der Waals surface area (Å²) < 4.78 is 2.20. The quantitative estimate of drug-likeness (QED) is 0.826. The van der Waals surface area contributed by atoms with Crippen LogP contribution in [0.3, 0.4) is 0 Å². The lowest BCUT2D eigenvalue weighted by atomic mass is 9.85. The van der Waals surface area contributed by atoms with E-state index in [1.54, 1.807) is 0 Å². The monoisotopic (exact) mass is 235 g/mol. The highest BCUT2D eigenvalue weighted by Crippen LogP contribution is 2.36. The van der Waals surface area contributed by atoms with Crippen LogP contribution in [0.25, 0.3) is 0 Å². The fourth-order valence-corrected chi connectivity index (χ4v) is 2.74. The molecule has 0 spiro atoms. The number of anilines is 1. The smallest absolute Gasteiger partial charge is 0.227 e. The van der Waals surface area contributed by atoms with Gasteiger partial charge in [0.2, 0.25) is 5.95 Å². The molecule has 2 aliphatic rings. The number of hydrogen-bond donors (Lipinski definition) is 1. The Labute approximate surface area is 102 Å². The highest BCUT2D eigenvalue weighted by molar-refractivity contribution is 5.34. The van der Waals surface area contributed by atoms with Gasteiger partial charge in [0.25, 0.3) is 0 Å². The van der Waals surface area contributed by atoms with Crippen LogP contribution in [0.4, 0.5) is 5.95 Å². The second-order valence-corrected chi connectivity index (χ2v) is 5.29. The van der Waals surface area contributed by atoms with Crippen molar-refractivity contribution >= 4 is 5.95 Å². The molecule has 0 amide bonds. The van der Waals surface area contributed by atoms with Gasteiger partial charge in [-0.05, 0) is 19.8 Å². The van der Waals surface area contributed by atoms with Crippen LogP contribution < -0.4 is 10.2 Å². The molecule has 17 heavy (non-hydrogen) atoms. The summed E-state index contributed by atoms with van der Waals surface area (Å²) in [5.41, 5.74) is 0. The first kappa shape index (κ1) is 11.0. The average Bonchev–Trinajstić information content (AvgIpc) is 2.60. The third-order valence-corrected chi connectivity index (χ3v) is 4.11. The van der Waals surface area contributed by atoms with Crippen LogP contribution in [0, 0.1) is 0 Å². The van der Waals surface area contributed by atoms with Crippen LogP contribution in [0.5, 0.6) is 0 Å². The molecule has 0 aromatic carbocycles. The van der Waals surface area contributed by atoms with Gasteiger partial charge in [-0.1, -0.05) is 6.42 Å². The van der Waals surface area contributed by atoms with Crippen molar-refractivity contribution in [3.05, 3.63) is 5.82 Å². The molecular formula is C12H21N5. The molecule has 2 fully saturated rings. The van der Waals surface area contributed by atoms with E-state index >= 15 is 0 Å². The van der Waals surface area contributed by atoms with Crippen LogP contribution in [-0.2, 0) is 7.05 Å². The van der Waals surface area contributed by atoms with E-state index in [0.717, 1.165) is 25.6 Å². The first-order chi connectivity index (χ1) is 8.27. The minimum absolute atomic E-state index is 0.501. The molecule has 1 saturated carbocycles. The van der Waals surface area contributed by atoms with Crippen LogP contribution in [-0.4, -0.2) is 40.4 Å². The summed E-state index contributed by atoms with van der Waals surface area (Å²) in [7, 11) is 2.11. The number of nitrogens with zero attached hydrogens (tertiary/aromatic N) is 4. The molecule has 1 aromatic rings. The van der Waals surface area contributed by atoms with Crippen LogP contribution >= 0.6 is 0 Å². The molecule has 5 nitrogen and oxygen atoms in total. The summed E-state index contributed by atoms with van der Waals surface area (Å²) in [4.78, 5) is 2.37. The topological polar surface area (TPSA) is 46.0 Å². The van der Waals surface area contributed by atoms with Gasteiger partial charge < -0.3 is 14.8 Å². The van der Waals surface area contributed by atoms with Gasteiger partial charge in [0.05, 0.1) is 0 Å². The van der Waals surface area contributed by atoms with Gasteiger partial charge >= 0.3 is 0 Å². The predicted octanol–water partition coefficient (Wildman–Crippen LogP) is 0.881. The van der Waals surface area contributed by atoms with Crippen LogP contribution in [0.1, 0.15) is 37.9 Å². The van der Waals surface area contributed by atoms with Gasteiger partial charge in [-0.25, -0.2) is 0 Å². The summed E-state index contributed by atoms with van der Waals surface area (Å²) in [6.07, 6.45) is 3.91. The maximum absolute atomic E-state index is 4.40. The summed E-state index contributed by atoms with van der Waals surface area (Å²) in [6.45, 7) is 5.34. The molecule has 1 aliphatic heterocycles. The molecule has 2 heterocycles. The molecule has 1 aromatic heterocycles. The molecule has 1 unspecified atom stereocenters. The Morgan fingerprint density at radius 3 is 2.76 bits per heavy atom. The van der Waals surface area contributed by atoms with Crippen molar-refractivity contribution in [2.75, 3.05) is 24.5 Å². The van der Waals surface area contributed by atoms with E-state index in [2.05, 4.69) is 39.0 Å². The summed E-state index contributed by atoms with van der Waals surface area (Å²) in [6, 6.07) is 0.501. The lowest BCUT2D eigenvalue weighted by Crippen LogP contribution is -2.50. The van der Waals surface area contributed by atoms with Gasteiger partial charge in [0, 0.05) is 38.6 Å². The fourth-order valence-electron chi connectivity index (χ4n) is 2.74. The highest BCUT2D eigenvalue weighted by atomic mass is 15.4. The van der Waals surface area contributed by atoms with Gasteiger partial charge in [-0.15, -0.1) is 10.2 Å². The van der Waals surface area contributed by atoms with E-state index in [1.807, 2.05) is 0 Å². The zero-order valence-corrected chi connectivity index (χ0v) is 10.7. The van der Waals surface area contributed by atoms with Gasteiger partial charge in [0.15, 0.2) is 0 Å². The lowest BCUT2D eigenvalue weighted by molar-refractivity contribution is 0.391. The van der Waals surface area contributed by atoms with E-state index in [0.29, 0.717) is 12.0 Å². The number of nitrogens with one attached hydrogen (secondary N) is 1. The minimum atomic E-state index is 0.501. The Kier molecular flexibility index (Phi) is 2.78. The molecule has 5 heteroatoms. The van der Waals surface area contributed by atoms with Crippen molar-refractivity contribution < 1.29 is 0 Å². The zero-order chi connectivity index (χ0) is 11.8. The van der Waals surface area contributed by atoms with Crippen molar-refractivity contribution in [1.82, 2.24) is 20.1 Å². The maximum atomic E-state index is 4.40. The normalized spacial score (nSPS) is 26.0. The van der Waals surface area contributed by atoms with Crippen molar-refractivity contribution in [1.29, 1.82) is 0 Å². The molecule has 1 saturated heterocycles. The minimum Gasteiger partial charge on any atom is -0.336 e. The van der Waals surface area contributed by atoms with Crippen molar-refractivity contribution in [3.8, 4) is 0 Å². The maximum Gasteiger partial charge on any atom is 0.227 e. The third kappa shape index (κ3) is 1.82. The molecule has 1 N–H and O–H groups in total. The zero-order valence-electron chi connectivity index (χ0n) is 10.7. The SMILES string of the molecule is CC1CNCCN1c1nnc(C2CCC2)n1C. The van der Waals surface area contributed by atoms with Crippen molar-refractivity contribution in [3.63, 3.8) is 0 Å². The molecule has 1 aliphatic carbocycles. The lowest BCUT2D eigenvalue weighted by Gasteiger charge is -2.34. The van der Waals surface area contributed by atoms with Gasteiger partial charge in [-0.3, -0.25) is 0 Å². The summed E-state index contributed by atoms with van der Waals surface area (Å²) in [5, 5.41) is 12.2. The van der Waals surface area contributed by atoms with Crippen molar-refractivity contribution in [2.24, 2.45) is 7.05 Å². The number of piperazine rings is 1. The van der Waals surface area contributed by atoms with Crippen molar-refractivity contribution in [2.45, 2.75) is 38.1 Å². The summed E-state index contributed by atoms with van der Waals surface area (Å²) >= 11 is 0. The molecule has 0 radical (unpaired) electrons.